The molecular formula is C18H18N2O2S. The molecule has 0 N–H and O–H groups in total. The van der Waals surface area contributed by atoms with Crippen molar-refractivity contribution in [3.05, 3.63) is 51.1 Å². The van der Waals surface area contributed by atoms with Crippen LogP contribution in [0.4, 0.5) is 0 Å². The lowest BCUT2D eigenvalue weighted by atomic mass is 10.1. The summed E-state index contributed by atoms with van der Waals surface area (Å²) in [4.78, 5) is 31.0. The van der Waals surface area contributed by atoms with Gasteiger partial charge < -0.3 is 0 Å². The van der Waals surface area contributed by atoms with Crippen LogP contribution in [0.5, 0.6) is 0 Å². The highest BCUT2D eigenvalue weighted by atomic mass is 32.1. The molecule has 3 rings (SSSR count). The highest BCUT2D eigenvalue weighted by Crippen LogP contribution is 2.28. The molecular weight excluding hydrogens is 308 g/mol. The van der Waals surface area contributed by atoms with Crippen LogP contribution in [0.2, 0.25) is 0 Å². The normalized spacial score (nSPS) is 11.1. The van der Waals surface area contributed by atoms with E-state index in [1.165, 1.54) is 0 Å². The molecule has 4 nitrogen and oxygen atoms in total. The van der Waals surface area contributed by atoms with Gasteiger partial charge in [0.1, 0.15) is 16.4 Å². The van der Waals surface area contributed by atoms with Crippen LogP contribution < -0.4 is 5.56 Å². The van der Waals surface area contributed by atoms with Gasteiger partial charge in [-0.15, -0.1) is 11.3 Å². The number of rotatable bonds is 4. The maximum absolute atomic E-state index is 13.0. The molecule has 0 unspecified atom stereocenters. The van der Waals surface area contributed by atoms with E-state index in [0.29, 0.717) is 24.2 Å². The van der Waals surface area contributed by atoms with E-state index in [1.54, 1.807) is 22.8 Å². The van der Waals surface area contributed by atoms with Gasteiger partial charge in [-0.25, -0.2) is 4.98 Å². The first-order valence-corrected chi connectivity index (χ1v) is 8.36. The summed E-state index contributed by atoms with van der Waals surface area (Å²) in [6.45, 7) is 5.85. The van der Waals surface area contributed by atoms with Crippen molar-refractivity contribution in [3.63, 3.8) is 0 Å². The van der Waals surface area contributed by atoms with E-state index >= 15 is 0 Å². The van der Waals surface area contributed by atoms with Crippen LogP contribution in [0.3, 0.4) is 0 Å². The number of fused-ring (bicyclic) bond motifs is 1. The number of hydrogen-bond donors (Lipinski definition) is 0. The molecule has 0 saturated heterocycles. The van der Waals surface area contributed by atoms with Crippen molar-refractivity contribution < 1.29 is 4.79 Å². The van der Waals surface area contributed by atoms with Gasteiger partial charge in [0.15, 0.2) is 0 Å². The molecule has 23 heavy (non-hydrogen) atoms. The summed E-state index contributed by atoms with van der Waals surface area (Å²) in [6, 6.07) is 9.65. The first-order valence-electron chi connectivity index (χ1n) is 7.54. The summed E-state index contributed by atoms with van der Waals surface area (Å²) in [5.74, 6) is 0.694. The minimum Gasteiger partial charge on any atom is -0.300 e. The number of carbonyl (C=O) groups is 1. The number of aromatic nitrogens is 2. The van der Waals surface area contributed by atoms with Gasteiger partial charge in [-0.1, -0.05) is 30.3 Å². The Morgan fingerprint density at radius 1 is 1.22 bits per heavy atom. The van der Waals surface area contributed by atoms with Crippen LogP contribution in [0.1, 0.15) is 23.8 Å². The molecule has 0 saturated carbocycles. The van der Waals surface area contributed by atoms with Gasteiger partial charge in [-0.3, -0.25) is 14.2 Å². The first kappa shape index (κ1) is 15.6. The maximum atomic E-state index is 13.0. The van der Waals surface area contributed by atoms with Crippen molar-refractivity contribution in [2.75, 3.05) is 0 Å². The average molecular weight is 326 g/mol. The molecule has 0 spiro atoms. The average Bonchev–Trinajstić information content (AvgIpc) is 2.82. The third-order valence-corrected chi connectivity index (χ3v) is 5.11. The lowest BCUT2D eigenvalue weighted by Crippen LogP contribution is -2.24. The minimum absolute atomic E-state index is 0.0584. The minimum atomic E-state index is -0.0584. The van der Waals surface area contributed by atoms with Crippen LogP contribution >= 0.6 is 11.3 Å². The summed E-state index contributed by atoms with van der Waals surface area (Å²) < 4.78 is 1.64. The molecule has 2 aromatic heterocycles. The zero-order chi connectivity index (χ0) is 16.6. The summed E-state index contributed by atoms with van der Waals surface area (Å²) >= 11 is 1.54. The highest BCUT2D eigenvalue weighted by molar-refractivity contribution is 7.18. The Balaban J connectivity index is 2.30. The van der Waals surface area contributed by atoms with Gasteiger partial charge in [0.05, 0.1) is 5.39 Å². The molecule has 1 aromatic carbocycles. The number of aryl methyl sites for hydroxylation is 2. The Kier molecular flexibility index (Phi) is 4.13. The Morgan fingerprint density at radius 3 is 2.57 bits per heavy atom. The van der Waals surface area contributed by atoms with Crippen molar-refractivity contribution in [1.29, 1.82) is 0 Å². The lowest BCUT2D eigenvalue weighted by Gasteiger charge is -2.12. The molecule has 0 aliphatic rings. The predicted molar refractivity (Wildman–Crippen MR) is 94.1 cm³/mol. The number of ketones is 1. The Morgan fingerprint density at radius 2 is 1.91 bits per heavy atom. The second-order valence-electron chi connectivity index (χ2n) is 5.67. The SMILES string of the molecule is CC(=O)CCn1c(-c2ccccc2)nc2sc(C)c(C)c2c1=O. The number of carbonyl (C=O) groups excluding carboxylic acids is 1. The molecule has 0 aliphatic carbocycles. The van der Waals surface area contributed by atoms with Crippen molar-refractivity contribution in [2.24, 2.45) is 0 Å². The van der Waals surface area contributed by atoms with Crippen molar-refractivity contribution in [1.82, 2.24) is 9.55 Å². The third kappa shape index (κ3) is 2.84. The molecule has 0 bridgehead atoms. The van der Waals surface area contributed by atoms with E-state index in [9.17, 15) is 9.59 Å². The van der Waals surface area contributed by atoms with Crippen molar-refractivity contribution >= 4 is 27.3 Å². The van der Waals surface area contributed by atoms with Crippen LogP contribution in [-0.2, 0) is 11.3 Å². The predicted octanol–water partition coefficient (Wildman–Crippen LogP) is 3.72. The summed E-state index contributed by atoms with van der Waals surface area (Å²) in [5.41, 5.74) is 1.81. The van der Waals surface area contributed by atoms with Crippen LogP contribution in [0, 0.1) is 13.8 Å². The van der Waals surface area contributed by atoms with Gasteiger partial charge in [0.25, 0.3) is 5.56 Å². The molecule has 0 fully saturated rings. The fourth-order valence-corrected chi connectivity index (χ4v) is 3.63. The van der Waals surface area contributed by atoms with E-state index in [0.717, 1.165) is 20.8 Å². The summed E-state index contributed by atoms with van der Waals surface area (Å²) in [5, 5.41) is 0.677. The Labute approximate surface area is 138 Å². The molecule has 0 amide bonds. The topological polar surface area (TPSA) is 52.0 Å². The van der Waals surface area contributed by atoms with Gasteiger partial charge in [-0.05, 0) is 26.3 Å². The molecule has 0 radical (unpaired) electrons. The Bertz CT molecular complexity index is 939. The number of nitrogens with zero attached hydrogens (tertiary/aromatic N) is 2. The summed E-state index contributed by atoms with van der Waals surface area (Å²) in [6.07, 6.45) is 0.328. The number of hydrogen-bond acceptors (Lipinski definition) is 4. The molecule has 0 aliphatic heterocycles. The third-order valence-electron chi connectivity index (χ3n) is 4.01. The second-order valence-corrected chi connectivity index (χ2v) is 6.88. The van der Waals surface area contributed by atoms with Crippen LogP contribution in [-0.4, -0.2) is 15.3 Å². The van der Waals surface area contributed by atoms with Crippen molar-refractivity contribution in [2.45, 2.75) is 33.7 Å². The molecule has 0 atom stereocenters. The van der Waals surface area contributed by atoms with E-state index in [2.05, 4.69) is 0 Å². The van der Waals surface area contributed by atoms with Gasteiger partial charge in [0.2, 0.25) is 0 Å². The standard InChI is InChI=1S/C18H18N2O2S/c1-11(21)9-10-20-16(14-7-5-4-6-8-14)19-17-15(18(20)22)12(2)13(3)23-17/h4-8H,9-10H2,1-3H3. The number of benzene rings is 1. The van der Waals surface area contributed by atoms with E-state index in [1.807, 2.05) is 44.2 Å². The zero-order valence-electron chi connectivity index (χ0n) is 13.4. The summed E-state index contributed by atoms with van der Waals surface area (Å²) in [7, 11) is 0. The quantitative estimate of drug-likeness (QED) is 0.734. The Hall–Kier alpha value is -2.27. The van der Waals surface area contributed by atoms with E-state index < -0.39 is 0 Å². The lowest BCUT2D eigenvalue weighted by molar-refractivity contribution is -0.117. The second kappa shape index (κ2) is 6.08. The van der Waals surface area contributed by atoms with Crippen molar-refractivity contribution in [3.8, 4) is 11.4 Å². The fraction of sp³-hybridized carbons (Fsp3) is 0.278. The maximum Gasteiger partial charge on any atom is 0.262 e. The monoisotopic (exact) mass is 326 g/mol. The molecule has 3 aromatic rings. The largest absolute Gasteiger partial charge is 0.300 e. The molecule has 118 valence electrons. The molecule has 5 heteroatoms. The van der Waals surface area contributed by atoms with Crippen LogP contribution in [0.25, 0.3) is 21.6 Å². The van der Waals surface area contributed by atoms with E-state index in [-0.39, 0.29) is 11.3 Å². The first-order chi connectivity index (χ1) is 11.0. The zero-order valence-corrected chi connectivity index (χ0v) is 14.2. The fourth-order valence-electron chi connectivity index (χ4n) is 2.61. The molecule has 2 heterocycles. The van der Waals surface area contributed by atoms with E-state index in [4.69, 9.17) is 4.98 Å². The van der Waals surface area contributed by atoms with Gasteiger partial charge in [0, 0.05) is 23.4 Å². The highest BCUT2D eigenvalue weighted by Gasteiger charge is 2.17. The number of thiophene rings is 1. The van der Waals surface area contributed by atoms with Gasteiger partial charge >= 0.3 is 0 Å². The van der Waals surface area contributed by atoms with Crippen LogP contribution in [0.15, 0.2) is 35.1 Å². The number of Topliss-reactive ketones (excluding diaryl/α,β-unsaturated/α-hetero) is 1. The smallest absolute Gasteiger partial charge is 0.262 e. The van der Waals surface area contributed by atoms with Gasteiger partial charge in [-0.2, -0.15) is 0 Å².